The summed E-state index contributed by atoms with van der Waals surface area (Å²) in [5.74, 6) is 1.54. The van der Waals surface area contributed by atoms with Crippen LogP contribution >= 0.6 is 0 Å². The predicted molar refractivity (Wildman–Crippen MR) is 67.9 cm³/mol. The van der Waals surface area contributed by atoms with E-state index in [2.05, 4.69) is 29.3 Å². The summed E-state index contributed by atoms with van der Waals surface area (Å²) in [4.78, 5) is 0. The molecule has 0 bridgehead atoms. The molecule has 0 aliphatic carbocycles. The van der Waals surface area contributed by atoms with E-state index in [0.717, 1.165) is 29.5 Å². The zero-order chi connectivity index (χ0) is 11.8. The van der Waals surface area contributed by atoms with Crippen LogP contribution in [0.15, 0.2) is 30.4 Å². The maximum Gasteiger partial charge on any atom is 0.161 e. The van der Waals surface area contributed by atoms with Crippen LogP contribution in [-0.4, -0.2) is 24.0 Å². The smallest absolute Gasteiger partial charge is 0.161 e. The average Bonchev–Trinajstić information content (AvgIpc) is 2.30. The molecular weight excluding hydrogens is 216 g/mol. The van der Waals surface area contributed by atoms with E-state index in [-0.39, 0.29) is 0 Å². The van der Waals surface area contributed by atoms with Gasteiger partial charge in [-0.25, -0.2) is 0 Å². The van der Waals surface area contributed by atoms with Gasteiger partial charge < -0.3 is 9.47 Å². The van der Waals surface area contributed by atoms with Crippen molar-refractivity contribution in [2.45, 2.75) is 19.8 Å². The third-order valence-corrected chi connectivity index (χ3v) is 2.42. The molecule has 0 N–H and O–H groups in total. The van der Waals surface area contributed by atoms with Gasteiger partial charge in [0.15, 0.2) is 11.5 Å². The highest BCUT2D eigenvalue weighted by atomic mass is 28.1. The first kappa shape index (κ1) is 12.8. The molecule has 0 spiro atoms. The Hall–Kier alpha value is -1.22. The van der Waals surface area contributed by atoms with Crippen LogP contribution in [0.5, 0.6) is 11.5 Å². The van der Waals surface area contributed by atoms with Crippen LogP contribution in [0.3, 0.4) is 0 Å². The van der Waals surface area contributed by atoms with Crippen molar-refractivity contribution in [1.29, 1.82) is 0 Å². The lowest BCUT2D eigenvalue weighted by Gasteiger charge is -2.10. The fourth-order valence-electron chi connectivity index (χ4n) is 1.31. The minimum absolute atomic E-state index is 0.675. The van der Waals surface area contributed by atoms with Gasteiger partial charge in [0, 0.05) is 0 Å². The molecule has 0 amide bonds. The fraction of sp³-hybridized carbons (Fsp3) is 0.385. The molecular formula is C13H17O2Si. The first-order chi connectivity index (χ1) is 7.77. The molecule has 0 aliphatic heterocycles. The molecule has 0 aliphatic rings. The van der Waals surface area contributed by atoms with Gasteiger partial charge in [-0.15, -0.1) is 0 Å². The van der Waals surface area contributed by atoms with Crippen molar-refractivity contribution in [3.63, 3.8) is 0 Å². The average molecular weight is 233 g/mol. The molecule has 0 fully saturated rings. The lowest BCUT2D eigenvalue weighted by molar-refractivity contribution is 0.300. The van der Waals surface area contributed by atoms with E-state index >= 15 is 0 Å². The highest BCUT2D eigenvalue weighted by Crippen LogP contribution is 2.24. The van der Waals surface area contributed by atoms with Crippen molar-refractivity contribution in [3.05, 3.63) is 30.4 Å². The predicted octanol–water partition coefficient (Wildman–Crippen LogP) is 2.22. The van der Waals surface area contributed by atoms with Gasteiger partial charge in [-0.05, 0) is 25.0 Å². The minimum atomic E-state index is 0.675. The van der Waals surface area contributed by atoms with Crippen molar-refractivity contribution in [3.8, 4) is 11.5 Å². The molecule has 0 saturated carbocycles. The van der Waals surface area contributed by atoms with Crippen LogP contribution in [0.2, 0.25) is 0 Å². The molecule has 1 aromatic rings. The summed E-state index contributed by atoms with van der Waals surface area (Å²) in [7, 11) is 5.09. The maximum absolute atomic E-state index is 5.63. The summed E-state index contributed by atoms with van der Waals surface area (Å²) in [6.45, 7) is 2.79. The summed E-state index contributed by atoms with van der Waals surface area (Å²) >= 11 is 0. The van der Waals surface area contributed by atoms with Gasteiger partial charge >= 0.3 is 0 Å². The van der Waals surface area contributed by atoms with Gasteiger partial charge in [0.1, 0.15) is 0 Å². The third-order valence-electron chi connectivity index (χ3n) is 2.11. The van der Waals surface area contributed by atoms with Gasteiger partial charge in [0.25, 0.3) is 0 Å². The number of rotatable bonds is 6. The van der Waals surface area contributed by atoms with Gasteiger partial charge in [0.2, 0.25) is 0 Å². The van der Waals surface area contributed by atoms with Crippen molar-refractivity contribution in [2.75, 3.05) is 13.7 Å². The molecule has 3 radical (unpaired) electrons. The SMILES string of the molecule is CC/C=C\CCOc1ccc([Si])cc1OC. The number of allylic oxidation sites excluding steroid dienone is 1. The minimum Gasteiger partial charge on any atom is -0.493 e. The van der Waals surface area contributed by atoms with Gasteiger partial charge in [-0.2, -0.15) is 0 Å². The first-order valence-electron chi connectivity index (χ1n) is 5.45. The van der Waals surface area contributed by atoms with E-state index in [1.807, 2.05) is 18.2 Å². The Bertz CT molecular complexity index is 348. The summed E-state index contributed by atoms with van der Waals surface area (Å²) in [6, 6.07) is 5.75. The first-order valence-corrected chi connectivity index (χ1v) is 5.95. The second-order valence-corrected chi connectivity index (χ2v) is 3.96. The second kappa shape index (κ2) is 7.12. The molecule has 1 rings (SSSR count). The van der Waals surface area contributed by atoms with Crippen LogP contribution in [-0.2, 0) is 0 Å². The standard InChI is InChI=1S/C13H17O2Si/c1-3-4-5-6-9-15-12-8-7-11(16)10-13(12)14-2/h4-5,7-8,10H,3,6,9H2,1-2H3/b5-4-. The third kappa shape index (κ3) is 4.11. The number of ether oxygens (including phenoxy) is 2. The summed E-state index contributed by atoms with van der Waals surface area (Å²) < 4.78 is 10.9. The number of methoxy groups -OCH3 is 1. The molecule has 0 aromatic heterocycles. The van der Waals surface area contributed by atoms with Gasteiger partial charge in [0.05, 0.1) is 24.0 Å². The monoisotopic (exact) mass is 233 g/mol. The molecule has 2 nitrogen and oxygen atoms in total. The largest absolute Gasteiger partial charge is 0.493 e. The maximum atomic E-state index is 5.63. The van der Waals surface area contributed by atoms with Gasteiger partial charge in [-0.1, -0.05) is 30.3 Å². The van der Waals surface area contributed by atoms with Crippen LogP contribution < -0.4 is 14.7 Å². The van der Waals surface area contributed by atoms with E-state index in [1.54, 1.807) is 7.11 Å². The van der Waals surface area contributed by atoms with Crippen LogP contribution in [0.4, 0.5) is 0 Å². The summed E-state index contributed by atoms with van der Waals surface area (Å²) in [5, 5.41) is 0.982. The van der Waals surface area contributed by atoms with E-state index in [4.69, 9.17) is 9.47 Å². The number of hydrogen-bond acceptors (Lipinski definition) is 2. The highest BCUT2D eigenvalue weighted by Gasteiger charge is 2.02. The number of hydrogen-bond donors (Lipinski definition) is 0. The Balaban J connectivity index is 2.50. The van der Waals surface area contributed by atoms with Crippen molar-refractivity contribution in [2.24, 2.45) is 0 Å². The Labute approximate surface area is 101 Å². The lowest BCUT2D eigenvalue weighted by Crippen LogP contribution is -2.05. The van der Waals surface area contributed by atoms with E-state index in [0.29, 0.717) is 6.61 Å². The van der Waals surface area contributed by atoms with E-state index in [1.165, 1.54) is 0 Å². The Morgan fingerprint density at radius 1 is 1.25 bits per heavy atom. The van der Waals surface area contributed by atoms with Crippen LogP contribution in [0, 0.1) is 0 Å². The molecule has 0 saturated heterocycles. The Kier molecular flexibility index (Phi) is 5.71. The Morgan fingerprint density at radius 3 is 2.75 bits per heavy atom. The molecule has 85 valence electrons. The van der Waals surface area contributed by atoms with Crippen molar-refractivity contribution >= 4 is 15.4 Å². The molecule has 1 aromatic carbocycles. The van der Waals surface area contributed by atoms with E-state index in [9.17, 15) is 0 Å². The lowest BCUT2D eigenvalue weighted by atomic mass is 10.3. The van der Waals surface area contributed by atoms with Crippen molar-refractivity contribution in [1.82, 2.24) is 0 Å². The molecule has 0 atom stereocenters. The van der Waals surface area contributed by atoms with Crippen molar-refractivity contribution < 1.29 is 9.47 Å². The topological polar surface area (TPSA) is 18.5 Å². The normalized spacial score (nSPS) is 10.7. The summed E-state index contributed by atoms with van der Waals surface area (Å²) in [6.07, 6.45) is 6.26. The quantitative estimate of drug-likeness (QED) is 0.426. The van der Waals surface area contributed by atoms with Crippen LogP contribution in [0.25, 0.3) is 0 Å². The molecule has 3 heteroatoms. The summed E-state index contributed by atoms with van der Waals surface area (Å²) in [5.41, 5.74) is 0. The zero-order valence-corrected chi connectivity index (χ0v) is 10.8. The fourth-order valence-corrected chi connectivity index (χ4v) is 1.52. The Morgan fingerprint density at radius 2 is 2.06 bits per heavy atom. The molecule has 16 heavy (non-hydrogen) atoms. The highest BCUT2D eigenvalue weighted by molar-refractivity contribution is 6.32. The zero-order valence-electron chi connectivity index (χ0n) is 9.82. The second-order valence-electron chi connectivity index (χ2n) is 3.38. The van der Waals surface area contributed by atoms with E-state index < -0.39 is 0 Å². The van der Waals surface area contributed by atoms with Crippen LogP contribution in [0.1, 0.15) is 19.8 Å². The van der Waals surface area contributed by atoms with Gasteiger partial charge in [-0.3, -0.25) is 0 Å². The molecule has 0 heterocycles. The molecule has 0 unspecified atom stereocenters. The number of benzene rings is 1.